The molecule has 0 bridgehead atoms. The van der Waals surface area contributed by atoms with Crippen LogP contribution in [0.1, 0.15) is 31.9 Å². The van der Waals surface area contributed by atoms with Gasteiger partial charge in [0.2, 0.25) is 0 Å². The van der Waals surface area contributed by atoms with E-state index in [9.17, 15) is 5.11 Å². The third kappa shape index (κ3) is 3.58. The minimum absolute atomic E-state index is 0.279. The summed E-state index contributed by atoms with van der Waals surface area (Å²) >= 11 is 0. The van der Waals surface area contributed by atoms with Crippen molar-refractivity contribution in [3.63, 3.8) is 0 Å². The monoisotopic (exact) mass is 257 g/mol. The van der Waals surface area contributed by atoms with Crippen LogP contribution in [0.2, 0.25) is 0 Å². The van der Waals surface area contributed by atoms with E-state index < -0.39 is 0 Å². The van der Waals surface area contributed by atoms with Gasteiger partial charge in [-0.25, -0.2) is 0 Å². The molecule has 0 fully saturated rings. The largest absolute Gasteiger partial charge is 0.507 e. The topological polar surface area (TPSA) is 32.3 Å². The molecule has 0 heterocycles. The van der Waals surface area contributed by atoms with Crippen LogP contribution < -0.4 is 5.32 Å². The number of nitrogens with one attached hydrogen (secondary N) is 1. The smallest absolute Gasteiger partial charge is 0.123 e. The van der Waals surface area contributed by atoms with Crippen molar-refractivity contribution in [3.8, 4) is 5.75 Å². The third-order valence-electron chi connectivity index (χ3n) is 3.24. The lowest BCUT2D eigenvalue weighted by Gasteiger charge is -2.14. The molecule has 0 amide bonds. The molecular weight excluding hydrogens is 234 g/mol. The number of aromatic hydroxyl groups is 1. The van der Waals surface area contributed by atoms with Gasteiger partial charge in [0, 0.05) is 12.1 Å². The van der Waals surface area contributed by atoms with Gasteiger partial charge in [-0.05, 0) is 56.2 Å². The van der Waals surface area contributed by atoms with Crippen molar-refractivity contribution in [1.29, 1.82) is 0 Å². The van der Waals surface area contributed by atoms with E-state index in [4.69, 9.17) is 0 Å². The van der Waals surface area contributed by atoms with E-state index in [1.54, 1.807) is 6.07 Å². The van der Waals surface area contributed by atoms with Crippen LogP contribution in [0.5, 0.6) is 5.75 Å². The van der Waals surface area contributed by atoms with Crippen LogP contribution in [0.15, 0.2) is 48.1 Å². The average molecular weight is 257 g/mol. The Morgan fingerprint density at radius 1 is 1.32 bits per heavy atom. The van der Waals surface area contributed by atoms with E-state index in [1.807, 2.05) is 52.1 Å². The number of hydrogen-bond acceptors (Lipinski definition) is 2. The summed E-state index contributed by atoms with van der Waals surface area (Å²) in [5.74, 6) is 0.279. The van der Waals surface area contributed by atoms with Gasteiger partial charge in [-0.3, -0.25) is 0 Å². The summed E-state index contributed by atoms with van der Waals surface area (Å²) in [7, 11) is 1.89. The quantitative estimate of drug-likeness (QED) is 0.780. The van der Waals surface area contributed by atoms with Gasteiger partial charge >= 0.3 is 0 Å². The highest BCUT2D eigenvalue weighted by Gasteiger charge is 2.11. The Balaban J connectivity index is 3.13. The molecule has 0 aliphatic heterocycles. The Bertz CT molecular complexity index is 524. The van der Waals surface area contributed by atoms with Gasteiger partial charge < -0.3 is 10.4 Å². The van der Waals surface area contributed by atoms with Gasteiger partial charge in [0.15, 0.2) is 0 Å². The first-order valence-corrected chi connectivity index (χ1v) is 6.50. The first-order chi connectivity index (χ1) is 9.04. The predicted molar refractivity (Wildman–Crippen MR) is 83.1 cm³/mol. The molecule has 0 saturated carbocycles. The molecule has 0 unspecified atom stereocenters. The molecule has 1 rings (SSSR count). The third-order valence-corrected chi connectivity index (χ3v) is 3.24. The summed E-state index contributed by atoms with van der Waals surface area (Å²) in [6, 6.07) is 5.72. The number of phenols is 1. The normalized spacial score (nSPS) is 12.6. The number of phenolic OH excluding ortho intramolecular Hbond substituents is 1. The van der Waals surface area contributed by atoms with E-state index in [1.165, 1.54) is 0 Å². The molecule has 0 aromatic heterocycles. The molecule has 102 valence electrons. The maximum Gasteiger partial charge on any atom is 0.123 e. The Hall–Kier alpha value is -1.80. The first-order valence-electron chi connectivity index (χ1n) is 6.50. The van der Waals surface area contributed by atoms with Gasteiger partial charge in [0.25, 0.3) is 0 Å². The molecule has 0 spiro atoms. The second-order valence-corrected chi connectivity index (χ2v) is 4.53. The fraction of sp³-hybridized carbons (Fsp3) is 0.294. The maximum atomic E-state index is 10.2. The van der Waals surface area contributed by atoms with Crippen molar-refractivity contribution in [1.82, 2.24) is 5.32 Å². The fourth-order valence-corrected chi connectivity index (χ4v) is 2.09. The first kappa shape index (κ1) is 15.3. The summed E-state index contributed by atoms with van der Waals surface area (Å²) in [6.07, 6.45) is 4.07. The molecule has 2 N–H and O–H groups in total. The van der Waals surface area contributed by atoms with Crippen LogP contribution in [0.3, 0.4) is 0 Å². The van der Waals surface area contributed by atoms with Gasteiger partial charge in [0.1, 0.15) is 5.75 Å². The molecule has 1 aromatic rings. The average Bonchev–Trinajstić information content (AvgIpc) is 2.39. The number of rotatable bonds is 5. The molecule has 2 heteroatoms. The molecule has 0 saturated heterocycles. The van der Waals surface area contributed by atoms with Gasteiger partial charge in [0.05, 0.1) is 0 Å². The standard InChI is InChI=1S/C17H23NO/c1-6-12(3)15(7-2)13(4)16-9-8-14(11-18-5)10-17(16)19/h6-10,18-19H,4,11H2,1-3,5H3/b12-6-,15-7+. The highest BCUT2D eigenvalue weighted by molar-refractivity contribution is 5.84. The Kier molecular flexibility index (Phi) is 5.58. The van der Waals surface area contributed by atoms with Crippen LogP contribution in [0.4, 0.5) is 0 Å². The lowest BCUT2D eigenvalue weighted by molar-refractivity contribution is 0.472. The molecule has 0 aliphatic carbocycles. The molecule has 1 aromatic carbocycles. The van der Waals surface area contributed by atoms with Crippen LogP contribution >= 0.6 is 0 Å². The van der Waals surface area contributed by atoms with E-state index >= 15 is 0 Å². The SMILES string of the molecule is C=C(C(=C/C)/C(C)=C\C)c1ccc(CNC)cc1O. The number of benzene rings is 1. The van der Waals surface area contributed by atoms with Crippen molar-refractivity contribution in [2.24, 2.45) is 0 Å². The van der Waals surface area contributed by atoms with Crippen LogP contribution in [-0.2, 0) is 6.54 Å². The van der Waals surface area contributed by atoms with Crippen molar-refractivity contribution in [3.05, 3.63) is 59.2 Å². The van der Waals surface area contributed by atoms with Gasteiger partial charge in [-0.15, -0.1) is 0 Å². The van der Waals surface area contributed by atoms with Gasteiger partial charge in [-0.2, -0.15) is 0 Å². The zero-order chi connectivity index (χ0) is 14.4. The second kappa shape index (κ2) is 6.95. The number of hydrogen-bond donors (Lipinski definition) is 2. The van der Waals surface area contributed by atoms with Crippen LogP contribution in [0, 0.1) is 0 Å². The molecule has 0 aliphatic rings. The maximum absolute atomic E-state index is 10.2. The highest BCUT2D eigenvalue weighted by atomic mass is 16.3. The summed E-state index contributed by atoms with van der Waals surface area (Å²) in [4.78, 5) is 0. The fourth-order valence-electron chi connectivity index (χ4n) is 2.09. The van der Waals surface area contributed by atoms with Crippen molar-refractivity contribution >= 4 is 5.57 Å². The Morgan fingerprint density at radius 3 is 2.47 bits per heavy atom. The Morgan fingerprint density at radius 2 is 2.00 bits per heavy atom. The molecule has 0 radical (unpaired) electrons. The minimum Gasteiger partial charge on any atom is -0.507 e. The molecule has 0 atom stereocenters. The van der Waals surface area contributed by atoms with Crippen molar-refractivity contribution in [2.75, 3.05) is 7.05 Å². The van der Waals surface area contributed by atoms with Crippen LogP contribution in [-0.4, -0.2) is 12.2 Å². The zero-order valence-corrected chi connectivity index (χ0v) is 12.2. The molecule has 2 nitrogen and oxygen atoms in total. The minimum atomic E-state index is 0.279. The Labute approximate surface area is 116 Å². The summed E-state index contributed by atoms with van der Waals surface area (Å²) in [5, 5.41) is 13.2. The van der Waals surface area contributed by atoms with E-state index in [2.05, 4.69) is 11.9 Å². The zero-order valence-electron chi connectivity index (χ0n) is 12.2. The number of allylic oxidation sites excluding steroid dienone is 5. The van der Waals surface area contributed by atoms with Crippen molar-refractivity contribution < 1.29 is 5.11 Å². The van der Waals surface area contributed by atoms with E-state index in [0.717, 1.165) is 34.4 Å². The predicted octanol–water partition coefficient (Wildman–Crippen LogP) is 4.04. The van der Waals surface area contributed by atoms with E-state index in [-0.39, 0.29) is 5.75 Å². The molecule has 19 heavy (non-hydrogen) atoms. The summed E-state index contributed by atoms with van der Waals surface area (Å²) in [6.45, 7) is 10.9. The summed E-state index contributed by atoms with van der Waals surface area (Å²) < 4.78 is 0. The molecular formula is C17H23NO. The van der Waals surface area contributed by atoms with Crippen LogP contribution in [0.25, 0.3) is 5.57 Å². The lowest BCUT2D eigenvalue weighted by atomic mass is 9.92. The van der Waals surface area contributed by atoms with E-state index in [0.29, 0.717) is 0 Å². The van der Waals surface area contributed by atoms with Gasteiger partial charge in [-0.1, -0.05) is 30.9 Å². The highest BCUT2D eigenvalue weighted by Crippen LogP contribution is 2.32. The second-order valence-electron chi connectivity index (χ2n) is 4.53. The van der Waals surface area contributed by atoms with Crippen molar-refractivity contribution in [2.45, 2.75) is 27.3 Å². The summed E-state index contributed by atoms with van der Waals surface area (Å²) in [5.41, 5.74) is 4.92. The lowest BCUT2D eigenvalue weighted by Crippen LogP contribution is -2.05.